The predicted octanol–water partition coefficient (Wildman–Crippen LogP) is 3.05. The van der Waals surface area contributed by atoms with Gasteiger partial charge in [0.05, 0.1) is 12.7 Å². The van der Waals surface area contributed by atoms with E-state index in [1.807, 2.05) is 12.1 Å². The Morgan fingerprint density at radius 3 is 2.59 bits per heavy atom. The van der Waals surface area contributed by atoms with Crippen LogP contribution in [0.25, 0.3) is 0 Å². The van der Waals surface area contributed by atoms with E-state index in [9.17, 15) is 4.79 Å². The highest BCUT2D eigenvalue weighted by Crippen LogP contribution is 2.28. The summed E-state index contributed by atoms with van der Waals surface area (Å²) in [4.78, 5) is 30.0. The number of piperidine rings is 2. The highest BCUT2D eigenvalue weighted by molar-refractivity contribution is 5.78. The first kappa shape index (κ1) is 19.8. The molecule has 2 aromatic heterocycles. The maximum absolute atomic E-state index is 12.6. The monoisotopic (exact) mass is 394 g/mol. The van der Waals surface area contributed by atoms with Gasteiger partial charge in [0.1, 0.15) is 11.6 Å². The Kier molecular flexibility index (Phi) is 6.34. The number of carbonyl (C=O) groups excluding carboxylic acids is 1. The van der Waals surface area contributed by atoms with E-state index in [4.69, 9.17) is 4.98 Å². The SMILES string of the molecule is CC1CCN(C(=O)CN2CCC(c3cccc(Nc4cnccn4)n3)CC2)CC1. The lowest BCUT2D eigenvalue weighted by Gasteiger charge is -2.35. The summed E-state index contributed by atoms with van der Waals surface area (Å²) in [6.07, 6.45) is 9.34. The molecule has 0 atom stereocenters. The minimum atomic E-state index is 0.295. The molecule has 0 unspecified atom stereocenters. The van der Waals surface area contributed by atoms with Gasteiger partial charge in [-0.05, 0) is 56.8 Å². The third-order valence-electron chi connectivity index (χ3n) is 6.09. The second-order valence-electron chi connectivity index (χ2n) is 8.28. The normalized spacial score (nSPS) is 19.3. The lowest BCUT2D eigenvalue weighted by molar-refractivity contribution is -0.134. The second kappa shape index (κ2) is 9.31. The summed E-state index contributed by atoms with van der Waals surface area (Å²) in [5.41, 5.74) is 1.11. The van der Waals surface area contributed by atoms with Crippen LogP contribution >= 0.6 is 0 Å². The molecule has 2 aliphatic rings. The zero-order chi connectivity index (χ0) is 20.1. The van der Waals surface area contributed by atoms with Crippen LogP contribution in [0.3, 0.4) is 0 Å². The average Bonchev–Trinajstić information content (AvgIpc) is 2.76. The molecule has 2 saturated heterocycles. The van der Waals surface area contributed by atoms with E-state index in [1.54, 1.807) is 18.6 Å². The van der Waals surface area contributed by atoms with Crippen molar-refractivity contribution in [3.05, 3.63) is 42.5 Å². The molecule has 0 spiro atoms. The Balaban J connectivity index is 1.28. The van der Waals surface area contributed by atoms with E-state index in [-0.39, 0.29) is 0 Å². The number of hydrogen-bond donors (Lipinski definition) is 1. The summed E-state index contributed by atoms with van der Waals surface area (Å²) in [5, 5.41) is 3.21. The highest BCUT2D eigenvalue weighted by atomic mass is 16.2. The van der Waals surface area contributed by atoms with E-state index < -0.39 is 0 Å². The van der Waals surface area contributed by atoms with Gasteiger partial charge in [0, 0.05) is 37.1 Å². The molecule has 29 heavy (non-hydrogen) atoms. The van der Waals surface area contributed by atoms with Crippen LogP contribution in [0.1, 0.15) is 44.2 Å². The molecule has 7 heteroatoms. The molecular formula is C22H30N6O. The number of nitrogens with one attached hydrogen (secondary N) is 1. The maximum atomic E-state index is 12.6. The largest absolute Gasteiger partial charge is 0.342 e. The fourth-order valence-corrected chi connectivity index (χ4v) is 4.18. The number of rotatable bonds is 5. The fourth-order valence-electron chi connectivity index (χ4n) is 4.18. The smallest absolute Gasteiger partial charge is 0.236 e. The Bertz CT molecular complexity index is 798. The van der Waals surface area contributed by atoms with Crippen molar-refractivity contribution in [1.29, 1.82) is 0 Å². The van der Waals surface area contributed by atoms with Crippen LogP contribution in [0.2, 0.25) is 0 Å². The molecule has 0 saturated carbocycles. The van der Waals surface area contributed by atoms with Crippen LogP contribution in [0.5, 0.6) is 0 Å². The van der Waals surface area contributed by atoms with Gasteiger partial charge in [0.2, 0.25) is 5.91 Å². The van der Waals surface area contributed by atoms with Crippen molar-refractivity contribution in [2.45, 2.75) is 38.5 Å². The topological polar surface area (TPSA) is 74.2 Å². The van der Waals surface area contributed by atoms with Crippen LogP contribution in [-0.4, -0.2) is 63.4 Å². The summed E-state index contributed by atoms with van der Waals surface area (Å²) < 4.78 is 0. The molecule has 0 radical (unpaired) electrons. The molecule has 154 valence electrons. The second-order valence-corrected chi connectivity index (χ2v) is 8.28. The van der Waals surface area contributed by atoms with Crippen molar-refractivity contribution in [1.82, 2.24) is 24.8 Å². The van der Waals surface area contributed by atoms with Gasteiger partial charge in [-0.3, -0.25) is 14.7 Å². The summed E-state index contributed by atoms with van der Waals surface area (Å²) in [7, 11) is 0. The molecule has 0 bridgehead atoms. The van der Waals surface area contributed by atoms with E-state index in [0.29, 0.717) is 24.2 Å². The third-order valence-corrected chi connectivity index (χ3v) is 6.09. The van der Waals surface area contributed by atoms with Gasteiger partial charge >= 0.3 is 0 Å². The summed E-state index contributed by atoms with van der Waals surface area (Å²) in [6, 6.07) is 6.09. The number of aromatic nitrogens is 3. The molecule has 7 nitrogen and oxygen atoms in total. The lowest BCUT2D eigenvalue weighted by Crippen LogP contribution is -2.45. The van der Waals surface area contributed by atoms with Crippen LogP contribution < -0.4 is 5.32 Å². The van der Waals surface area contributed by atoms with Gasteiger partial charge in [0.25, 0.3) is 0 Å². The molecular weight excluding hydrogens is 364 g/mol. The number of amides is 1. The van der Waals surface area contributed by atoms with E-state index in [0.717, 1.165) is 69.3 Å². The van der Waals surface area contributed by atoms with Crippen LogP contribution in [0.15, 0.2) is 36.8 Å². The molecule has 4 rings (SSSR count). The summed E-state index contributed by atoms with van der Waals surface area (Å²) in [5.74, 6) is 2.96. The third kappa shape index (κ3) is 5.29. The molecule has 0 aliphatic carbocycles. The molecule has 1 N–H and O–H groups in total. The number of pyridine rings is 1. The minimum absolute atomic E-state index is 0.295. The summed E-state index contributed by atoms with van der Waals surface area (Å²) >= 11 is 0. The molecule has 4 heterocycles. The van der Waals surface area contributed by atoms with Gasteiger partial charge in [-0.2, -0.15) is 0 Å². The number of anilines is 2. The van der Waals surface area contributed by atoms with Crippen molar-refractivity contribution >= 4 is 17.5 Å². The first-order valence-corrected chi connectivity index (χ1v) is 10.7. The molecule has 2 aliphatic heterocycles. The van der Waals surface area contributed by atoms with Gasteiger partial charge in [-0.25, -0.2) is 9.97 Å². The summed E-state index contributed by atoms with van der Waals surface area (Å²) in [6.45, 7) is 6.58. The minimum Gasteiger partial charge on any atom is -0.342 e. The van der Waals surface area contributed by atoms with Gasteiger partial charge in [0.15, 0.2) is 0 Å². The van der Waals surface area contributed by atoms with Crippen molar-refractivity contribution in [2.75, 3.05) is 38.0 Å². The van der Waals surface area contributed by atoms with Gasteiger partial charge in [-0.15, -0.1) is 0 Å². The molecule has 2 fully saturated rings. The first-order valence-electron chi connectivity index (χ1n) is 10.7. The molecule has 1 amide bonds. The van der Waals surface area contributed by atoms with Crippen LogP contribution in [0.4, 0.5) is 11.6 Å². The standard InChI is InChI=1S/C22H30N6O/c1-17-5-13-28(14-6-17)22(29)16-27-11-7-18(8-12-27)19-3-2-4-20(25-19)26-21-15-23-9-10-24-21/h2-4,9-10,15,17-18H,5-8,11-14,16H2,1H3,(H,24,25,26). The number of carbonyl (C=O) groups is 1. The van der Waals surface area contributed by atoms with Crippen molar-refractivity contribution in [3.8, 4) is 0 Å². The van der Waals surface area contributed by atoms with E-state index >= 15 is 0 Å². The molecule has 2 aromatic rings. The van der Waals surface area contributed by atoms with Gasteiger partial charge < -0.3 is 10.2 Å². The van der Waals surface area contributed by atoms with Crippen molar-refractivity contribution in [3.63, 3.8) is 0 Å². The quantitative estimate of drug-likeness (QED) is 0.840. The Morgan fingerprint density at radius 2 is 1.86 bits per heavy atom. The number of hydrogen-bond acceptors (Lipinski definition) is 6. The van der Waals surface area contributed by atoms with Crippen LogP contribution in [0, 0.1) is 5.92 Å². The average molecular weight is 395 g/mol. The maximum Gasteiger partial charge on any atom is 0.236 e. The Labute approximate surface area is 172 Å². The zero-order valence-electron chi connectivity index (χ0n) is 17.1. The van der Waals surface area contributed by atoms with Crippen molar-refractivity contribution in [2.24, 2.45) is 5.92 Å². The Hall–Kier alpha value is -2.54. The zero-order valence-corrected chi connectivity index (χ0v) is 17.1. The van der Waals surface area contributed by atoms with E-state index in [2.05, 4.69) is 38.1 Å². The number of nitrogens with zero attached hydrogens (tertiary/aromatic N) is 5. The fraction of sp³-hybridized carbons (Fsp3) is 0.545. The number of likely N-dealkylation sites (tertiary alicyclic amines) is 2. The van der Waals surface area contributed by atoms with Crippen LogP contribution in [-0.2, 0) is 4.79 Å². The first-order chi connectivity index (χ1) is 14.2. The Morgan fingerprint density at radius 1 is 1.07 bits per heavy atom. The van der Waals surface area contributed by atoms with Gasteiger partial charge in [-0.1, -0.05) is 13.0 Å². The predicted molar refractivity (Wildman–Crippen MR) is 113 cm³/mol. The van der Waals surface area contributed by atoms with Crippen molar-refractivity contribution < 1.29 is 4.79 Å². The lowest BCUT2D eigenvalue weighted by atomic mass is 9.93. The highest BCUT2D eigenvalue weighted by Gasteiger charge is 2.26. The molecule has 0 aromatic carbocycles. The van der Waals surface area contributed by atoms with E-state index in [1.165, 1.54) is 0 Å².